The number of carboxylic acids is 1. The van der Waals surface area contributed by atoms with Gasteiger partial charge in [-0.2, -0.15) is 0 Å². The van der Waals surface area contributed by atoms with Crippen molar-refractivity contribution in [3.05, 3.63) is 27.5 Å². The first-order valence-corrected chi connectivity index (χ1v) is 6.99. The molecule has 1 aliphatic carbocycles. The highest BCUT2D eigenvalue weighted by atomic mass is 79.9. The van der Waals surface area contributed by atoms with Crippen LogP contribution in [-0.2, 0) is 4.79 Å². The normalized spacial score (nSPS) is 16.2. The Kier molecular flexibility index (Phi) is 4.13. The van der Waals surface area contributed by atoms with Crippen molar-refractivity contribution in [1.82, 2.24) is 0 Å². The van der Waals surface area contributed by atoms with Crippen LogP contribution in [0.3, 0.4) is 0 Å². The average Bonchev–Trinajstić information content (AvgIpc) is 3.14. The lowest BCUT2D eigenvalue weighted by atomic mass is 9.87. The van der Waals surface area contributed by atoms with Crippen LogP contribution in [0.25, 0.3) is 0 Å². The van der Waals surface area contributed by atoms with Gasteiger partial charge in [0, 0.05) is 11.5 Å². The molecule has 0 heterocycles. The molecule has 1 unspecified atom stereocenters. The maximum Gasteiger partial charge on any atom is 0.303 e. The number of halogens is 2. The van der Waals surface area contributed by atoms with Gasteiger partial charge in [-0.25, -0.2) is 4.39 Å². The second kappa shape index (κ2) is 5.49. The molecule has 3 nitrogen and oxygen atoms in total. The molecule has 1 atom stereocenters. The summed E-state index contributed by atoms with van der Waals surface area (Å²) in [4.78, 5) is 11.0. The molecule has 19 heavy (non-hydrogen) atoms. The van der Waals surface area contributed by atoms with Crippen LogP contribution >= 0.6 is 15.9 Å². The van der Waals surface area contributed by atoms with E-state index >= 15 is 0 Å². The van der Waals surface area contributed by atoms with E-state index in [9.17, 15) is 9.18 Å². The molecule has 1 aromatic rings. The van der Waals surface area contributed by atoms with Crippen LogP contribution in [0, 0.1) is 18.7 Å². The Hall–Kier alpha value is -1.10. The van der Waals surface area contributed by atoms with Gasteiger partial charge in [-0.15, -0.1) is 0 Å². The smallest absolute Gasteiger partial charge is 0.303 e. The van der Waals surface area contributed by atoms with Gasteiger partial charge < -0.3 is 9.84 Å². The van der Waals surface area contributed by atoms with E-state index in [2.05, 4.69) is 15.9 Å². The predicted octanol–water partition coefficient (Wildman–Crippen LogP) is 3.87. The van der Waals surface area contributed by atoms with E-state index in [1.807, 2.05) is 0 Å². The molecule has 1 fully saturated rings. The van der Waals surface area contributed by atoms with Crippen LogP contribution in [0.15, 0.2) is 10.5 Å². The van der Waals surface area contributed by atoms with E-state index in [1.165, 1.54) is 13.2 Å². The Morgan fingerprint density at radius 1 is 1.63 bits per heavy atom. The van der Waals surface area contributed by atoms with E-state index in [1.54, 1.807) is 6.92 Å². The molecule has 0 amide bonds. The molecule has 1 aromatic carbocycles. The third-order valence-corrected chi connectivity index (χ3v) is 4.23. The zero-order valence-electron chi connectivity index (χ0n) is 10.9. The minimum Gasteiger partial charge on any atom is -0.495 e. The van der Waals surface area contributed by atoms with Crippen LogP contribution in [0.4, 0.5) is 4.39 Å². The Labute approximate surface area is 119 Å². The third kappa shape index (κ3) is 2.91. The molecule has 2 rings (SSSR count). The highest BCUT2D eigenvalue weighted by Crippen LogP contribution is 2.49. The van der Waals surface area contributed by atoms with E-state index in [0.29, 0.717) is 27.3 Å². The molecule has 0 saturated heterocycles. The lowest BCUT2D eigenvalue weighted by molar-refractivity contribution is -0.137. The van der Waals surface area contributed by atoms with Gasteiger partial charge in [0.2, 0.25) is 0 Å². The monoisotopic (exact) mass is 330 g/mol. The van der Waals surface area contributed by atoms with Crippen molar-refractivity contribution in [2.45, 2.75) is 32.1 Å². The van der Waals surface area contributed by atoms with Crippen LogP contribution in [0.2, 0.25) is 0 Å². The zero-order valence-corrected chi connectivity index (χ0v) is 12.5. The second-order valence-electron chi connectivity index (χ2n) is 4.95. The van der Waals surface area contributed by atoms with Crippen LogP contribution in [0.5, 0.6) is 5.75 Å². The summed E-state index contributed by atoms with van der Waals surface area (Å²) < 4.78 is 19.8. The van der Waals surface area contributed by atoms with Gasteiger partial charge in [-0.3, -0.25) is 4.79 Å². The van der Waals surface area contributed by atoms with Gasteiger partial charge in [-0.05, 0) is 53.2 Å². The predicted molar refractivity (Wildman–Crippen MR) is 73.1 cm³/mol. The summed E-state index contributed by atoms with van der Waals surface area (Å²) in [5.74, 6) is -0.508. The van der Waals surface area contributed by atoms with Crippen LogP contribution in [0.1, 0.15) is 36.3 Å². The highest BCUT2D eigenvalue weighted by molar-refractivity contribution is 9.10. The van der Waals surface area contributed by atoms with E-state index in [4.69, 9.17) is 9.84 Å². The topological polar surface area (TPSA) is 46.5 Å². The first-order chi connectivity index (χ1) is 8.95. The largest absolute Gasteiger partial charge is 0.495 e. The summed E-state index contributed by atoms with van der Waals surface area (Å²) in [5.41, 5.74) is 1.18. The Morgan fingerprint density at radius 2 is 2.26 bits per heavy atom. The number of carboxylic acid groups (broad SMARTS) is 1. The van der Waals surface area contributed by atoms with Gasteiger partial charge in [0.1, 0.15) is 11.6 Å². The fourth-order valence-electron chi connectivity index (χ4n) is 2.56. The van der Waals surface area contributed by atoms with Crippen molar-refractivity contribution in [3.8, 4) is 5.75 Å². The fraction of sp³-hybridized carbons (Fsp3) is 0.500. The molecule has 0 radical (unpaired) electrons. The van der Waals surface area contributed by atoms with Crippen molar-refractivity contribution in [2.24, 2.45) is 5.92 Å². The third-order valence-electron chi connectivity index (χ3n) is 3.64. The first-order valence-electron chi connectivity index (χ1n) is 6.20. The lowest BCUT2D eigenvalue weighted by Gasteiger charge is -2.22. The SMILES string of the molecule is COc1c(Br)cc(F)c(C)c1C(CC(=O)O)C1CC1. The summed E-state index contributed by atoms with van der Waals surface area (Å²) in [5, 5.41) is 9.07. The summed E-state index contributed by atoms with van der Waals surface area (Å²) >= 11 is 3.28. The maximum absolute atomic E-state index is 13.9. The first kappa shape index (κ1) is 14.3. The van der Waals surface area contributed by atoms with Gasteiger partial charge in [0.25, 0.3) is 0 Å². The lowest BCUT2D eigenvalue weighted by Crippen LogP contribution is -2.12. The second-order valence-corrected chi connectivity index (χ2v) is 5.81. The number of rotatable bonds is 5. The number of methoxy groups -OCH3 is 1. The molecule has 0 aromatic heterocycles. The Morgan fingerprint density at radius 3 is 2.74 bits per heavy atom. The number of hydrogen-bond acceptors (Lipinski definition) is 2. The van der Waals surface area contributed by atoms with Gasteiger partial charge in [0.15, 0.2) is 0 Å². The fourth-order valence-corrected chi connectivity index (χ4v) is 3.13. The zero-order chi connectivity index (χ0) is 14.2. The summed E-state index contributed by atoms with van der Waals surface area (Å²) in [7, 11) is 1.52. The molecular weight excluding hydrogens is 315 g/mol. The van der Waals surface area contributed by atoms with Crippen LogP contribution < -0.4 is 4.74 Å². The van der Waals surface area contributed by atoms with E-state index in [-0.39, 0.29) is 18.2 Å². The van der Waals surface area contributed by atoms with E-state index < -0.39 is 5.97 Å². The molecule has 1 saturated carbocycles. The number of ether oxygens (including phenoxy) is 1. The molecule has 0 aliphatic heterocycles. The Balaban J connectivity index is 2.53. The summed E-state index contributed by atoms with van der Waals surface area (Å²) in [6.45, 7) is 1.68. The minimum absolute atomic E-state index is 0.0117. The maximum atomic E-state index is 13.9. The van der Waals surface area contributed by atoms with Gasteiger partial charge >= 0.3 is 5.97 Å². The quantitative estimate of drug-likeness (QED) is 0.891. The van der Waals surface area contributed by atoms with Crippen molar-refractivity contribution in [1.29, 1.82) is 0 Å². The molecular formula is C14H16BrFO3. The number of hydrogen-bond donors (Lipinski definition) is 1. The number of benzene rings is 1. The standard InChI is InChI=1S/C14H16BrFO3/c1-7-11(16)6-10(15)14(19-2)13(7)9(5-12(17)18)8-3-4-8/h6,8-9H,3-5H2,1-2H3,(H,17,18). The molecule has 5 heteroatoms. The molecule has 0 bridgehead atoms. The highest BCUT2D eigenvalue weighted by Gasteiger charge is 2.37. The van der Waals surface area contributed by atoms with Crippen molar-refractivity contribution < 1.29 is 19.0 Å². The van der Waals surface area contributed by atoms with Gasteiger partial charge in [0.05, 0.1) is 18.0 Å². The van der Waals surface area contributed by atoms with Crippen LogP contribution in [-0.4, -0.2) is 18.2 Å². The Bertz CT molecular complexity index is 512. The summed E-state index contributed by atoms with van der Waals surface area (Å²) in [6, 6.07) is 1.36. The molecule has 1 aliphatic rings. The molecule has 1 N–H and O–H groups in total. The summed E-state index contributed by atoms with van der Waals surface area (Å²) in [6.07, 6.45) is 2.00. The van der Waals surface area contributed by atoms with E-state index in [0.717, 1.165) is 12.8 Å². The number of carbonyl (C=O) groups is 1. The molecule has 104 valence electrons. The van der Waals surface area contributed by atoms with Crippen molar-refractivity contribution >= 4 is 21.9 Å². The van der Waals surface area contributed by atoms with Gasteiger partial charge in [-0.1, -0.05) is 0 Å². The number of aliphatic carboxylic acids is 1. The van der Waals surface area contributed by atoms with Crippen molar-refractivity contribution in [3.63, 3.8) is 0 Å². The minimum atomic E-state index is -0.862. The molecule has 0 spiro atoms. The van der Waals surface area contributed by atoms with Crippen molar-refractivity contribution in [2.75, 3.05) is 7.11 Å². The average molecular weight is 331 g/mol.